The average molecular weight is 364 g/mol. The second-order valence-corrected chi connectivity index (χ2v) is 6.80. The fourth-order valence-electron chi connectivity index (χ4n) is 3.14. The summed E-state index contributed by atoms with van der Waals surface area (Å²) < 4.78 is 5.68. The van der Waals surface area contributed by atoms with Crippen LogP contribution >= 0.6 is 0 Å². The number of rotatable bonds is 8. The number of benzene rings is 1. The molecule has 1 unspecified atom stereocenters. The molecule has 26 heavy (non-hydrogen) atoms. The van der Waals surface area contributed by atoms with Gasteiger partial charge >= 0.3 is 11.9 Å². The Bertz CT molecular complexity index is 562. The minimum absolute atomic E-state index is 0.144. The van der Waals surface area contributed by atoms with E-state index in [-0.39, 0.29) is 11.1 Å². The van der Waals surface area contributed by atoms with Gasteiger partial charge in [-0.1, -0.05) is 51.2 Å². The van der Waals surface area contributed by atoms with E-state index in [1.165, 1.54) is 69.9 Å². The summed E-state index contributed by atoms with van der Waals surface area (Å²) in [6.07, 6.45) is 12.9. The Kier molecular flexibility index (Phi) is 10.6. The Morgan fingerprint density at radius 2 is 1.81 bits per heavy atom. The number of unbranched alkanes of at least 4 members (excludes halogenated alkanes) is 4. The maximum atomic E-state index is 10.7. The highest BCUT2D eigenvalue weighted by molar-refractivity contribution is 6.02. The first kappa shape index (κ1) is 22.2. The Hall–Kier alpha value is -1.88. The van der Waals surface area contributed by atoms with E-state index in [0.717, 1.165) is 6.61 Å². The third kappa shape index (κ3) is 8.00. The summed E-state index contributed by atoms with van der Waals surface area (Å²) in [4.78, 5) is 21.3. The third-order valence-electron chi connectivity index (χ3n) is 4.62. The van der Waals surface area contributed by atoms with Crippen molar-refractivity contribution in [2.45, 2.75) is 77.7 Å². The van der Waals surface area contributed by atoms with Gasteiger partial charge in [-0.05, 0) is 44.2 Å². The van der Waals surface area contributed by atoms with Crippen molar-refractivity contribution in [3.8, 4) is 0 Å². The molecule has 1 aliphatic rings. The summed E-state index contributed by atoms with van der Waals surface area (Å²) in [6.45, 7) is 4.85. The first-order valence-electron chi connectivity index (χ1n) is 9.65. The van der Waals surface area contributed by atoms with Crippen molar-refractivity contribution in [2.75, 3.05) is 6.61 Å². The lowest BCUT2D eigenvalue weighted by Gasteiger charge is -2.22. The maximum Gasteiger partial charge on any atom is 0.336 e. The van der Waals surface area contributed by atoms with Crippen LogP contribution in [0.3, 0.4) is 0 Å². The first-order valence-corrected chi connectivity index (χ1v) is 9.65. The molecule has 1 aromatic carbocycles. The zero-order valence-corrected chi connectivity index (χ0v) is 16.0. The molecule has 0 aliphatic carbocycles. The van der Waals surface area contributed by atoms with Gasteiger partial charge < -0.3 is 14.9 Å². The molecule has 5 heteroatoms. The molecule has 0 radical (unpaired) electrons. The van der Waals surface area contributed by atoms with Crippen LogP contribution in [0.2, 0.25) is 0 Å². The van der Waals surface area contributed by atoms with Crippen LogP contribution in [0.1, 0.15) is 91.0 Å². The highest BCUT2D eigenvalue weighted by Gasteiger charge is 2.17. The number of aromatic carboxylic acids is 2. The van der Waals surface area contributed by atoms with Gasteiger partial charge in [0, 0.05) is 6.61 Å². The molecule has 1 fully saturated rings. The van der Waals surface area contributed by atoms with Crippen LogP contribution in [0.5, 0.6) is 0 Å². The Balaban J connectivity index is 0.000000260. The van der Waals surface area contributed by atoms with Crippen molar-refractivity contribution >= 4 is 11.9 Å². The van der Waals surface area contributed by atoms with Crippen LogP contribution in [0, 0.1) is 6.92 Å². The van der Waals surface area contributed by atoms with Gasteiger partial charge in [0.2, 0.25) is 0 Å². The summed E-state index contributed by atoms with van der Waals surface area (Å²) in [5.74, 6) is -2.43. The molecule has 1 aliphatic heterocycles. The van der Waals surface area contributed by atoms with E-state index in [4.69, 9.17) is 14.9 Å². The van der Waals surface area contributed by atoms with Gasteiger partial charge in [-0.15, -0.1) is 0 Å². The maximum absolute atomic E-state index is 10.7. The van der Waals surface area contributed by atoms with Crippen molar-refractivity contribution in [1.82, 2.24) is 0 Å². The van der Waals surface area contributed by atoms with Crippen LogP contribution in [-0.2, 0) is 4.74 Å². The van der Waals surface area contributed by atoms with Crippen LogP contribution in [0.15, 0.2) is 18.2 Å². The smallest absolute Gasteiger partial charge is 0.336 e. The Labute approximate surface area is 156 Å². The molecule has 1 saturated heterocycles. The van der Waals surface area contributed by atoms with E-state index < -0.39 is 11.9 Å². The minimum atomic E-state index is -1.22. The van der Waals surface area contributed by atoms with E-state index in [1.54, 1.807) is 13.0 Å². The minimum Gasteiger partial charge on any atom is -0.478 e. The number of aryl methyl sites for hydroxylation is 1. The largest absolute Gasteiger partial charge is 0.478 e. The van der Waals surface area contributed by atoms with E-state index in [0.29, 0.717) is 11.7 Å². The van der Waals surface area contributed by atoms with E-state index >= 15 is 0 Å². The topological polar surface area (TPSA) is 83.8 Å². The van der Waals surface area contributed by atoms with Crippen molar-refractivity contribution < 1.29 is 24.5 Å². The molecule has 1 atom stereocenters. The monoisotopic (exact) mass is 364 g/mol. The van der Waals surface area contributed by atoms with Crippen LogP contribution in [0.4, 0.5) is 0 Å². The lowest BCUT2D eigenvalue weighted by atomic mass is 10.0. The normalized spacial score (nSPS) is 16.5. The molecular formula is C21H32O5. The van der Waals surface area contributed by atoms with Crippen molar-refractivity contribution in [1.29, 1.82) is 0 Å². The summed E-state index contributed by atoms with van der Waals surface area (Å²) in [5, 5.41) is 17.4. The van der Waals surface area contributed by atoms with Crippen LogP contribution in [-0.4, -0.2) is 34.9 Å². The SMILES string of the molecule is CCCCCCCC1CCCCO1.Cc1cccc(C(=O)O)c1C(=O)O. The van der Waals surface area contributed by atoms with Crippen molar-refractivity contribution in [2.24, 2.45) is 0 Å². The lowest BCUT2D eigenvalue weighted by molar-refractivity contribution is 0.00977. The van der Waals surface area contributed by atoms with Gasteiger partial charge in [-0.25, -0.2) is 9.59 Å². The van der Waals surface area contributed by atoms with E-state index in [1.807, 2.05) is 0 Å². The van der Waals surface area contributed by atoms with Gasteiger partial charge in [-0.2, -0.15) is 0 Å². The van der Waals surface area contributed by atoms with E-state index in [9.17, 15) is 9.59 Å². The Morgan fingerprint density at radius 1 is 1.08 bits per heavy atom. The summed E-state index contributed by atoms with van der Waals surface area (Å²) in [5.41, 5.74) is 0.134. The highest BCUT2D eigenvalue weighted by atomic mass is 16.5. The molecule has 0 amide bonds. The number of carbonyl (C=O) groups is 2. The molecule has 0 saturated carbocycles. The molecule has 0 aromatic heterocycles. The molecule has 2 rings (SSSR count). The number of carboxylic acids is 2. The second-order valence-electron chi connectivity index (χ2n) is 6.80. The highest BCUT2D eigenvalue weighted by Crippen LogP contribution is 2.18. The van der Waals surface area contributed by atoms with Gasteiger partial charge in [0.25, 0.3) is 0 Å². The molecule has 0 bridgehead atoms. The average Bonchev–Trinajstić information content (AvgIpc) is 2.62. The molecule has 1 aromatic rings. The predicted octanol–water partition coefficient (Wildman–Crippen LogP) is 5.31. The summed E-state index contributed by atoms with van der Waals surface area (Å²) >= 11 is 0. The number of ether oxygens (including phenoxy) is 1. The van der Waals surface area contributed by atoms with E-state index in [2.05, 4.69) is 6.92 Å². The second kappa shape index (κ2) is 12.5. The molecule has 5 nitrogen and oxygen atoms in total. The van der Waals surface area contributed by atoms with Crippen molar-refractivity contribution in [3.05, 3.63) is 34.9 Å². The molecule has 0 spiro atoms. The fourth-order valence-corrected chi connectivity index (χ4v) is 3.14. The van der Waals surface area contributed by atoms with Crippen LogP contribution < -0.4 is 0 Å². The van der Waals surface area contributed by atoms with Gasteiger partial charge in [-0.3, -0.25) is 0 Å². The number of hydrogen-bond donors (Lipinski definition) is 2. The number of carboxylic acid groups (broad SMARTS) is 2. The van der Waals surface area contributed by atoms with Gasteiger partial charge in [0.15, 0.2) is 0 Å². The molecular weight excluding hydrogens is 332 g/mol. The number of hydrogen-bond acceptors (Lipinski definition) is 3. The quantitative estimate of drug-likeness (QED) is 0.611. The first-order chi connectivity index (χ1) is 12.5. The van der Waals surface area contributed by atoms with Crippen LogP contribution in [0.25, 0.3) is 0 Å². The zero-order valence-electron chi connectivity index (χ0n) is 16.0. The molecule has 2 N–H and O–H groups in total. The standard InChI is InChI=1S/C12H24O.C9H8O4/c1-2-3-4-5-6-9-12-10-7-8-11-13-12;1-5-3-2-4-6(8(10)11)7(5)9(12)13/h12H,2-11H2,1H3;2-4H,1H3,(H,10,11)(H,12,13). The fraction of sp³-hybridized carbons (Fsp3) is 0.619. The third-order valence-corrected chi connectivity index (χ3v) is 4.62. The predicted molar refractivity (Wildman–Crippen MR) is 102 cm³/mol. The van der Waals surface area contributed by atoms with Gasteiger partial charge in [0.1, 0.15) is 0 Å². The summed E-state index contributed by atoms with van der Waals surface area (Å²) in [7, 11) is 0. The van der Waals surface area contributed by atoms with Crippen molar-refractivity contribution in [3.63, 3.8) is 0 Å². The molecule has 1 heterocycles. The lowest BCUT2D eigenvalue weighted by Crippen LogP contribution is -2.18. The summed E-state index contributed by atoms with van der Waals surface area (Å²) in [6, 6.07) is 4.36. The molecule has 146 valence electrons. The Morgan fingerprint density at radius 3 is 2.35 bits per heavy atom. The van der Waals surface area contributed by atoms with Gasteiger partial charge in [0.05, 0.1) is 17.2 Å². The zero-order chi connectivity index (χ0) is 19.4.